The highest BCUT2D eigenvalue weighted by molar-refractivity contribution is 8.00. The molecule has 1 aromatic carbocycles. The molecule has 1 saturated heterocycles. The zero-order chi connectivity index (χ0) is 17.0. The summed E-state index contributed by atoms with van der Waals surface area (Å²) in [6.45, 7) is 1.23. The predicted octanol–water partition coefficient (Wildman–Crippen LogP) is 2.75. The SMILES string of the molecule is NC(=O)N1CCC[C@H]1C(=O)NCC1(Sc2ccccc2)CCCC1. The van der Waals surface area contributed by atoms with E-state index in [1.54, 1.807) is 0 Å². The van der Waals surface area contributed by atoms with Crippen LogP contribution in [0.15, 0.2) is 35.2 Å². The molecule has 1 aliphatic heterocycles. The topological polar surface area (TPSA) is 75.4 Å². The summed E-state index contributed by atoms with van der Waals surface area (Å²) in [5, 5.41) is 3.10. The van der Waals surface area contributed by atoms with Crippen LogP contribution in [-0.4, -0.2) is 40.7 Å². The van der Waals surface area contributed by atoms with Crippen LogP contribution >= 0.6 is 11.8 Å². The molecule has 1 aliphatic carbocycles. The van der Waals surface area contributed by atoms with Gasteiger partial charge in [-0.05, 0) is 37.8 Å². The van der Waals surface area contributed by atoms with Crippen molar-refractivity contribution in [2.75, 3.05) is 13.1 Å². The monoisotopic (exact) mass is 347 g/mol. The van der Waals surface area contributed by atoms with Gasteiger partial charge in [-0.25, -0.2) is 4.79 Å². The first-order valence-corrected chi connectivity index (χ1v) is 9.49. The van der Waals surface area contributed by atoms with Crippen LogP contribution in [-0.2, 0) is 4.79 Å². The number of nitrogens with one attached hydrogen (secondary N) is 1. The van der Waals surface area contributed by atoms with E-state index in [1.165, 1.54) is 22.6 Å². The highest BCUT2D eigenvalue weighted by atomic mass is 32.2. The van der Waals surface area contributed by atoms with Gasteiger partial charge in [-0.2, -0.15) is 0 Å². The van der Waals surface area contributed by atoms with Gasteiger partial charge in [0.1, 0.15) is 6.04 Å². The second-order valence-corrected chi connectivity index (χ2v) is 8.25. The molecule has 0 radical (unpaired) electrons. The van der Waals surface area contributed by atoms with Crippen LogP contribution in [0.1, 0.15) is 38.5 Å². The van der Waals surface area contributed by atoms with E-state index in [1.807, 2.05) is 30.0 Å². The van der Waals surface area contributed by atoms with Crippen molar-refractivity contribution in [1.29, 1.82) is 0 Å². The van der Waals surface area contributed by atoms with Crippen LogP contribution in [0.3, 0.4) is 0 Å². The maximum Gasteiger partial charge on any atom is 0.315 e. The number of hydrogen-bond donors (Lipinski definition) is 2. The molecule has 2 aliphatic rings. The molecule has 1 aromatic rings. The van der Waals surface area contributed by atoms with Gasteiger partial charge >= 0.3 is 6.03 Å². The lowest BCUT2D eigenvalue weighted by Crippen LogP contribution is -2.50. The van der Waals surface area contributed by atoms with Gasteiger partial charge in [0.25, 0.3) is 0 Å². The number of nitrogens with two attached hydrogens (primary N) is 1. The number of carbonyl (C=O) groups excluding carboxylic acids is 2. The van der Waals surface area contributed by atoms with Crippen LogP contribution in [0.25, 0.3) is 0 Å². The van der Waals surface area contributed by atoms with Crippen molar-refractivity contribution < 1.29 is 9.59 Å². The zero-order valence-corrected chi connectivity index (χ0v) is 14.7. The number of urea groups is 1. The molecule has 130 valence electrons. The van der Waals surface area contributed by atoms with Crippen molar-refractivity contribution in [3.8, 4) is 0 Å². The summed E-state index contributed by atoms with van der Waals surface area (Å²) in [5.41, 5.74) is 5.38. The number of amides is 3. The minimum absolute atomic E-state index is 0.0627. The van der Waals surface area contributed by atoms with E-state index in [0.29, 0.717) is 19.5 Å². The predicted molar refractivity (Wildman–Crippen MR) is 95.8 cm³/mol. The molecular formula is C18H25N3O2S. The Morgan fingerprint density at radius 3 is 2.58 bits per heavy atom. The average Bonchev–Trinajstić information content (AvgIpc) is 3.23. The Bertz CT molecular complexity index is 587. The molecule has 3 N–H and O–H groups in total. The van der Waals surface area contributed by atoms with Crippen molar-refractivity contribution in [2.24, 2.45) is 5.73 Å². The molecule has 0 spiro atoms. The van der Waals surface area contributed by atoms with Crippen LogP contribution < -0.4 is 11.1 Å². The van der Waals surface area contributed by atoms with Crippen molar-refractivity contribution in [1.82, 2.24) is 10.2 Å². The van der Waals surface area contributed by atoms with Gasteiger partial charge < -0.3 is 16.0 Å². The lowest BCUT2D eigenvalue weighted by molar-refractivity contribution is -0.124. The number of primary amides is 1. The molecule has 1 atom stereocenters. The van der Waals surface area contributed by atoms with Crippen LogP contribution in [0.5, 0.6) is 0 Å². The molecule has 1 saturated carbocycles. The summed E-state index contributed by atoms with van der Waals surface area (Å²) in [4.78, 5) is 26.7. The van der Waals surface area contributed by atoms with E-state index in [4.69, 9.17) is 5.73 Å². The first-order chi connectivity index (χ1) is 11.6. The summed E-state index contributed by atoms with van der Waals surface area (Å²) in [6, 6.07) is 9.46. The van der Waals surface area contributed by atoms with Crippen molar-refractivity contribution in [2.45, 2.75) is 54.2 Å². The molecule has 0 bridgehead atoms. The first kappa shape index (κ1) is 17.1. The van der Waals surface area contributed by atoms with Gasteiger partial charge in [0.15, 0.2) is 0 Å². The van der Waals surface area contributed by atoms with Crippen molar-refractivity contribution in [3.63, 3.8) is 0 Å². The average molecular weight is 347 g/mol. The van der Waals surface area contributed by atoms with Crippen LogP contribution in [0, 0.1) is 0 Å². The normalized spacial score (nSPS) is 22.5. The zero-order valence-electron chi connectivity index (χ0n) is 13.9. The van der Waals surface area contributed by atoms with Crippen LogP contribution in [0.2, 0.25) is 0 Å². The van der Waals surface area contributed by atoms with Gasteiger partial charge in [-0.3, -0.25) is 4.79 Å². The first-order valence-electron chi connectivity index (χ1n) is 8.68. The number of thioether (sulfide) groups is 1. The third kappa shape index (κ3) is 3.86. The van der Waals surface area contributed by atoms with Crippen molar-refractivity contribution in [3.05, 3.63) is 30.3 Å². The van der Waals surface area contributed by atoms with Crippen molar-refractivity contribution >= 4 is 23.7 Å². The summed E-state index contributed by atoms with van der Waals surface area (Å²) in [5.74, 6) is -0.0637. The molecule has 5 nitrogen and oxygen atoms in total. The summed E-state index contributed by atoms with van der Waals surface area (Å²) >= 11 is 1.87. The smallest absolute Gasteiger partial charge is 0.315 e. The molecule has 3 amide bonds. The maximum absolute atomic E-state index is 12.5. The highest BCUT2D eigenvalue weighted by Gasteiger charge is 2.38. The highest BCUT2D eigenvalue weighted by Crippen LogP contribution is 2.44. The number of nitrogens with zero attached hydrogens (tertiary/aromatic N) is 1. The molecule has 2 fully saturated rings. The van der Waals surface area contributed by atoms with E-state index in [9.17, 15) is 9.59 Å². The Hall–Kier alpha value is -1.69. The Kier molecular flexibility index (Phi) is 5.33. The largest absolute Gasteiger partial charge is 0.353 e. The Morgan fingerprint density at radius 2 is 1.92 bits per heavy atom. The van der Waals surface area contributed by atoms with Gasteiger partial charge in [0.2, 0.25) is 5.91 Å². The molecular weight excluding hydrogens is 322 g/mol. The van der Waals surface area contributed by atoms with Gasteiger partial charge in [-0.1, -0.05) is 31.0 Å². The fourth-order valence-corrected chi connectivity index (χ4v) is 5.17. The number of hydrogen-bond acceptors (Lipinski definition) is 3. The minimum Gasteiger partial charge on any atom is -0.353 e. The molecule has 0 unspecified atom stereocenters. The van der Waals surface area contributed by atoms with E-state index < -0.39 is 12.1 Å². The minimum atomic E-state index is -0.498. The number of carbonyl (C=O) groups is 2. The number of likely N-dealkylation sites (tertiary alicyclic amines) is 1. The Balaban J connectivity index is 1.62. The molecule has 3 rings (SSSR count). The maximum atomic E-state index is 12.5. The molecule has 1 heterocycles. The van der Waals surface area contributed by atoms with Gasteiger partial charge in [0, 0.05) is 22.7 Å². The summed E-state index contributed by atoms with van der Waals surface area (Å²) < 4.78 is 0.0627. The fraction of sp³-hybridized carbons (Fsp3) is 0.556. The van der Waals surface area contributed by atoms with E-state index in [-0.39, 0.29) is 10.7 Å². The second-order valence-electron chi connectivity index (χ2n) is 6.71. The molecule has 6 heteroatoms. The molecule has 24 heavy (non-hydrogen) atoms. The standard InChI is InChI=1S/C18H25N3O2S/c19-17(23)21-12-6-9-15(21)16(22)20-13-18(10-4-5-11-18)24-14-7-2-1-3-8-14/h1-3,7-8,15H,4-6,9-13H2,(H2,19,23)(H,20,22)/t15-/m0/s1. The summed E-state index contributed by atoms with van der Waals surface area (Å²) in [6.07, 6.45) is 6.16. The van der Waals surface area contributed by atoms with E-state index >= 15 is 0 Å². The van der Waals surface area contributed by atoms with Gasteiger partial charge in [0.05, 0.1) is 0 Å². The fourth-order valence-electron chi connectivity index (χ4n) is 3.74. The molecule has 0 aromatic heterocycles. The van der Waals surface area contributed by atoms with Gasteiger partial charge in [-0.15, -0.1) is 11.8 Å². The quantitative estimate of drug-likeness (QED) is 0.860. The third-order valence-corrected chi connectivity index (χ3v) is 6.51. The lowest BCUT2D eigenvalue weighted by Gasteiger charge is -2.30. The second kappa shape index (κ2) is 7.47. The third-order valence-electron chi connectivity index (χ3n) is 5.02. The summed E-state index contributed by atoms with van der Waals surface area (Å²) in [7, 11) is 0. The van der Waals surface area contributed by atoms with E-state index in [2.05, 4.69) is 17.4 Å². The Labute approximate surface area is 147 Å². The number of benzene rings is 1. The van der Waals surface area contributed by atoms with Crippen LogP contribution in [0.4, 0.5) is 4.79 Å². The lowest BCUT2D eigenvalue weighted by atomic mass is 10.1. The number of rotatable bonds is 5. The Morgan fingerprint density at radius 1 is 1.21 bits per heavy atom. The van der Waals surface area contributed by atoms with E-state index in [0.717, 1.165) is 19.3 Å².